The van der Waals surface area contributed by atoms with Crippen LogP contribution in [0.25, 0.3) is 0 Å². The molecule has 0 amide bonds. The Hall–Kier alpha value is -2.14. The number of para-hydroxylation sites is 1. The number of nitrogens with two attached hydrogens (primary N) is 1. The van der Waals surface area contributed by atoms with Gasteiger partial charge in [0.15, 0.2) is 11.5 Å². The zero-order valence-corrected chi connectivity index (χ0v) is 12.3. The summed E-state index contributed by atoms with van der Waals surface area (Å²) in [6.45, 7) is 4.71. The van der Waals surface area contributed by atoms with Crippen LogP contribution in [0.15, 0.2) is 30.6 Å². The molecule has 0 radical (unpaired) electrons. The van der Waals surface area contributed by atoms with E-state index in [0.29, 0.717) is 18.3 Å². The first-order chi connectivity index (χ1) is 10.1. The van der Waals surface area contributed by atoms with Gasteiger partial charge in [0.25, 0.3) is 0 Å². The summed E-state index contributed by atoms with van der Waals surface area (Å²) in [4.78, 5) is 8.42. The Kier molecular flexibility index (Phi) is 3.51. The predicted molar refractivity (Wildman–Crippen MR) is 79.7 cm³/mol. The van der Waals surface area contributed by atoms with Crippen molar-refractivity contribution in [1.29, 1.82) is 0 Å². The van der Waals surface area contributed by atoms with Crippen LogP contribution in [0.2, 0.25) is 0 Å². The summed E-state index contributed by atoms with van der Waals surface area (Å²) in [6, 6.07) is 6.21. The SMILES string of the molecule is CC1(C)Cc2cccc(Oc3ncc(CCN)cn3)c2O1. The van der Waals surface area contributed by atoms with Crippen molar-refractivity contribution in [2.75, 3.05) is 6.54 Å². The average Bonchev–Trinajstić information content (AvgIpc) is 2.76. The van der Waals surface area contributed by atoms with Gasteiger partial charge < -0.3 is 15.2 Å². The van der Waals surface area contributed by atoms with Crippen LogP contribution >= 0.6 is 0 Å². The molecule has 5 nitrogen and oxygen atoms in total. The van der Waals surface area contributed by atoms with E-state index in [1.54, 1.807) is 12.4 Å². The van der Waals surface area contributed by atoms with Crippen molar-refractivity contribution in [3.05, 3.63) is 41.7 Å². The van der Waals surface area contributed by atoms with E-state index in [9.17, 15) is 0 Å². The number of rotatable bonds is 4. The quantitative estimate of drug-likeness (QED) is 0.934. The van der Waals surface area contributed by atoms with Crippen molar-refractivity contribution >= 4 is 0 Å². The van der Waals surface area contributed by atoms with Crippen molar-refractivity contribution in [1.82, 2.24) is 9.97 Å². The van der Waals surface area contributed by atoms with Crippen LogP contribution in [0.4, 0.5) is 0 Å². The minimum atomic E-state index is -0.201. The molecule has 2 heterocycles. The lowest BCUT2D eigenvalue weighted by molar-refractivity contribution is 0.134. The topological polar surface area (TPSA) is 70.3 Å². The van der Waals surface area contributed by atoms with E-state index < -0.39 is 0 Å². The van der Waals surface area contributed by atoms with E-state index in [1.165, 1.54) is 0 Å². The summed E-state index contributed by atoms with van der Waals surface area (Å²) in [7, 11) is 0. The average molecular weight is 285 g/mol. The number of fused-ring (bicyclic) bond motifs is 1. The van der Waals surface area contributed by atoms with Gasteiger partial charge in [-0.1, -0.05) is 12.1 Å². The minimum absolute atomic E-state index is 0.201. The van der Waals surface area contributed by atoms with E-state index in [0.717, 1.165) is 29.7 Å². The summed E-state index contributed by atoms with van der Waals surface area (Å²) in [6.07, 6.45) is 5.11. The molecule has 0 aliphatic carbocycles. The van der Waals surface area contributed by atoms with Gasteiger partial charge in [-0.15, -0.1) is 0 Å². The molecule has 1 aromatic carbocycles. The third kappa shape index (κ3) is 2.97. The van der Waals surface area contributed by atoms with Gasteiger partial charge in [-0.2, -0.15) is 0 Å². The van der Waals surface area contributed by atoms with Crippen LogP contribution in [0.3, 0.4) is 0 Å². The van der Waals surface area contributed by atoms with Gasteiger partial charge in [-0.05, 0) is 38.4 Å². The fraction of sp³-hybridized carbons (Fsp3) is 0.375. The molecule has 5 heteroatoms. The van der Waals surface area contributed by atoms with Gasteiger partial charge in [0.05, 0.1) is 0 Å². The highest BCUT2D eigenvalue weighted by Crippen LogP contribution is 2.42. The molecule has 0 spiro atoms. The molecule has 0 unspecified atom stereocenters. The molecule has 0 bridgehead atoms. The van der Waals surface area contributed by atoms with Crippen LogP contribution in [0.1, 0.15) is 25.0 Å². The van der Waals surface area contributed by atoms with Crippen molar-refractivity contribution in [2.45, 2.75) is 32.3 Å². The van der Waals surface area contributed by atoms with Gasteiger partial charge in [0.1, 0.15) is 5.60 Å². The van der Waals surface area contributed by atoms with Crippen LogP contribution in [-0.4, -0.2) is 22.1 Å². The molecule has 0 saturated heterocycles. The smallest absolute Gasteiger partial charge is 0.322 e. The van der Waals surface area contributed by atoms with E-state index >= 15 is 0 Å². The second-order valence-corrected chi connectivity index (χ2v) is 5.80. The predicted octanol–water partition coefficient (Wildman–Crippen LogP) is 2.48. The third-order valence-corrected chi connectivity index (χ3v) is 3.37. The van der Waals surface area contributed by atoms with Crippen LogP contribution in [-0.2, 0) is 12.8 Å². The van der Waals surface area contributed by atoms with E-state index in [1.807, 2.05) is 12.1 Å². The highest BCUT2D eigenvalue weighted by molar-refractivity contribution is 5.50. The summed E-state index contributed by atoms with van der Waals surface area (Å²) >= 11 is 0. The molecule has 1 aromatic heterocycles. The van der Waals surface area contributed by atoms with Gasteiger partial charge in [0.2, 0.25) is 0 Å². The maximum absolute atomic E-state index is 5.96. The summed E-state index contributed by atoms with van der Waals surface area (Å²) < 4.78 is 11.7. The first-order valence-electron chi connectivity index (χ1n) is 7.07. The van der Waals surface area contributed by atoms with Crippen LogP contribution in [0, 0.1) is 0 Å². The molecular formula is C16H19N3O2. The Labute approximate surface area is 124 Å². The summed E-state index contributed by atoms with van der Waals surface area (Å²) in [5, 5.41) is 0. The highest BCUT2D eigenvalue weighted by atomic mass is 16.5. The van der Waals surface area contributed by atoms with Crippen molar-refractivity contribution in [3.63, 3.8) is 0 Å². The molecular weight excluding hydrogens is 266 g/mol. The van der Waals surface area contributed by atoms with E-state index in [2.05, 4.69) is 29.9 Å². The maximum atomic E-state index is 5.96. The first kappa shape index (κ1) is 13.8. The Morgan fingerprint density at radius 2 is 2.05 bits per heavy atom. The standard InChI is InChI=1S/C16H19N3O2/c1-16(2)8-12-4-3-5-13(14(12)21-16)20-15-18-9-11(6-7-17)10-19-15/h3-5,9-10H,6-8,17H2,1-2H3. The molecule has 0 saturated carbocycles. The number of benzene rings is 1. The fourth-order valence-corrected chi connectivity index (χ4v) is 2.46. The number of hydrogen-bond donors (Lipinski definition) is 1. The van der Waals surface area contributed by atoms with E-state index in [4.69, 9.17) is 15.2 Å². The van der Waals surface area contributed by atoms with Gasteiger partial charge in [-0.3, -0.25) is 0 Å². The highest BCUT2D eigenvalue weighted by Gasteiger charge is 2.32. The molecule has 21 heavy (non-hydrogen) atoms. The Morgan fingerprint density at radius 1 is 1.29 bits per heavy atom. The first-order valence-corrected chi connectivity index (χ1v) is 7.07. The summed E-state index contributed by atoms with van der Waals surface area (Å²) in [5.74, 6) is 1.45. The van der Waals surface area contributed by atoms with E-state index in [-0.39, 0.29) is 5.60 Å². The maximum Gasteiger partial charge on any atom is 0.322 e. The van der Waals surface area contributed by atoms with Crippen molar-refractivity contribution in [2.24, 2.45) is 5.73 Å². The normalized spacial score (nSPS) is 15.4. The molecule has 2 aromatic rings. The lowest BCUT2D eigenvalue weighted by Gasteiger charge is -2.17. The van der Waals surface area contributed by atoms with Gasteiger partial charge in [0, 0.05) is 24.4 Å². The second kappa shape index (κ2) is 5.33. The molecule has 1 aliphatic rings. The largest absolute Gasteiger partial charge is 0.483 e. The van der Waals surface area contributed by atoms with Crippen LogP contribution in [0.5, 0.6) is 17.5 Å². The van der Waals surface area contributed by atoms with Crippen molar-refractivity contribution in [3.8, 4) is 17.5 Å². The second-order valence-electron chi connectivity index (χ2n) is 5.80. The zero-order valence-electron chi connectivity index (χ0n) is 12.3. The fourth-order valence-electron chi connectivity index (χ4n) is 2.46. The lowest BCUT2D eigenvalue weighted by Crippen LogP contribution is -2.24. The Bertz CT molecular complexity index is 638. The van der Waals surface area contributed by atoms with Gasteiger partial charge >= 0.3 is 6.01 Å². The van der Waals surface area contributed by atoms with Crippen molar-refractivity contribution < 1.29 is 9.47 Å². The molecule has 110 valence electrons. The number of nitrogens with zero attached hydrogens (tertiary/aromatic N) is 2. The summed E-state index contributed by atoms with van der Waals surface area (Å²) in [5.41, 5.74) is 7.46. The number of ether oxygens (including phenoxy) is 2. The zero-order chi connectivity index (χ0) is 14.9. The van der Waals surface area contributed by atoms with Gasteiger partial charge in [-0.25, -0.2) is 9.97 Å². The number of aromatic nitrogens is 2. The molecule has 0 atom stereocenters. The monoisotopic (exact) mass is 285 g/mol. The molecule has 3 rings (SSSR count). The Morgan fingerprint density at radius 3 is 2.76 bits per heavy atom. The molecule has 2 N–H and O–H groups in total. The Balaban J connectivity index is 1.82. The van der Waals surface area contributed by atoms with Crippen LogP contribution < -0.4 is 15.2 Å². The number of hydrogen-bond acceptors (Lipinski definition) is 5. The molecule has 1 aliphatic heterocycles. The molecule has 0 fully saturated rings. The minimum Gasteiger partial charge on any atom is -0.483 e. The third-order valence-electron chi connectivity index (χ3n) is 3.37. The lowest BCUT2D eigenvalue weighted by atomic mass is 10.0.